The SMILES string of the molecule is CC(C)(C)OC(=O)C(N)(CC(=O)O)c1nccs1. The standard InChI is InChI=1S/C11H16N2O4S/c1-10(2,3)17-9(16)11(12,6-7(14)15)8-13-4-5-18-8/h4-5H,6,12H2,1-3H3,(H,14,15). The number of aliphatic carboxylic acids is 1. The van der Waals surface area contributed by atoms with Gasteiger partial charge in [-0.15, -0.1) is 11.3 Å². The summed E-state index contributed by atoms with van der Waals surface area (Å²) >= 11 is 1.13. The van der Waals surface area contributed by atoms with Crippen molar-refractivity contribution in [3.63, 3.8) is 0 Å². The molecule has 7 heteroatoms. The number of rotatable bonds is 4. The fourth-order valence-corrected chi connectivity index (χ4v) is 2.02. The van der Waals surface area contributed by atoms with Crippen molar-refractivity contribution in [2.45, 2.75) is 38.3 Å². The summed E-state index contributed by atoms with van der Waals surface area (Å²) in [5.41, 5.74) is 3.43. The molecule has 1 unspecified atom stereocenters. The van der Waals surface area contributed by atoms with Gasteiger partial charge in [0.2, 0.25) is 0 Å². The zero-order valence-electron chi connectivity index (χ0n) is 10.5. The third kappa shape index (κ3) is 3.51. The quantitative estimate of drug-likeness (QED) is 0.796. The van der Waals surface area contributed by atoms with Crippen LogP contribution in [0.1, 0.15) is 32.2 Å². The number of thiazole rings is 1. The van der Waals surface area contributed by atoms with E-state index in [1.807, 2.05) is 0 Å². The monoisotopic (exact) mass is 272 g/mol. The Morgan fingerprint density at radius 3 is 2.50 bits per heavy atom. The molecule has 0 spiro atoms. The van der Waals surface area contributed by atoms with Crippen molar-refractivity contribution in [2.24, 2.45) is 5.73 Å². The Bertz CT molecular complexity index is 438. The molecule has 0 aromatic carbocycles. The molecule has 0 radical (unpaired) electrons. The van der Waals surface area contributed by atoms with Crippen molar-refractivity contribution >= 4 is 23.3 Å². The number of carboxylic acids is 1. The molecule has 0 bridgehead atoms. The summed E-state index contributed by atoms with van der Waals surface area (Å²) in [5.74, 6) is -1.97. The molecule has 100 valence electrons. The minimum atomic E-state index is -1.74. The van der Waals surface area contributed by atoms with Gasteiger partial charge in [0, 0.05) is 11.6 Å². The second kappa shape index (κ2) is 5.03. The molecule has 3 N–H and O–H groups in total. The van der Waals surface area contributed by atoms with Crippen molar-refractivity contribution < 1.29 is 19.4 Å². The summed E-state index contributed by atoms with van der Waals surface area (Å²) in [5, 5.41) is 10.7. The lowest BCUT2D eigenvalue weighted by Gasteiger charge is -2.28. The van der Waals surface area contributed by atoms with E-state index >= 15 is 0 Å². The fraction of sp³-hybridized carbons (Fsp3) is 0.545. The largest absolute Gasteiger partial charge is 0.481 e. The number of ether oxygens (including phenoxy) is 1. The fourth-order valence-electron chi connectivity index (χ4n) is 1.29. The first-order valence-electron chi connectivity index (χ1n) is 5.29. The number of hydrogen-bond donors (Lipinski definition) is 2. The zero-order chi connectivity index (χ0) is 14.0. The predicted octanol–water partition coefficient (Wildman–Crippen LogP) is 1.11. The number of aromatic nitrogens is 1. The number of nitrogens with zero attached hydrogens (tertiary/aromatic N) is 1. The van der Waals surface area contributed by atoms with Crippen molar-refractivity contribution in [1.82, 2.24) is 4.98 Å². The van der Waals surface area contributed by atoms with Crippen LogP contribution in [0.4, 0.5) is 0 Å². The predicted molar refractivity (Wildman–Crippen MR) is 66.1 cm³/mol. The third-order valence-electron chi connectivity index (χ3n) is 2.01. The van der Waals surface area contributed by atoms with Gasteiger partial charge in [-0.1, -0.05) is 0 Å². The van der Waals surface area contributed by atoms with E-state index < -0.39 is 29.5 Å². The average molecular weight is 272 g/mol. The molecule has 0 saturated carbocycles. The Morgan fingerprint density at radius 2 is 2.11 bits per heavy atom. The van der Waals surface area contributed by atoms with Gasteiger partial charge in [0.15, 0.2) is 5.54 Å². The molecule has 18 heavy (non-hydrogen) atoms. The summed E-state index contributed by atoms with van der Waals surface area (Å²) in [7, 11) is 0. The Kier molecular flexibility index (Phi) is 4.08. The number of esters is 1. The lowest BCUT2D eigenvalue weighted by Crippen LogP contribution is -2.49. The summed E-state index contributed by atoms with van der Waals surface area (Å²) in [6.45, 7) is 5.07. The molecule has 0 fully saturated rings. The van der Waals surface area contributed by atoms with E-state index in [-0.39, 0.29) is 5.01 Å². The molecule has 0 aliphatic rings. The summed E-state index contributed by atoms with van der Waals surface area (Å²) < 4.78 is 5.17. The first-order chi connectivity index (χ1) is 8.15. The molecule has 1 aromatic heterocycles. The van der Waals surface area contributed by atoms with Gasteiger partial charge in [0.25, 0.3) is 0 Å². The molecule has 1 heterocycles. The highest BCUT2D eigenvalue weighted by atomic mass is 32.1. The number of nitrogens with two attached hydrogens (primary N) is 1. The van der Waals surface area contributed by atoms with Crippen LogP contribution >= 0.6 is 11.3 Å². The van der Waals surface area contributed by atoms with Gasteiger partial charge < -0.3 is 15.6 Å². The van der Waals surface area contributed by atoms with E-state index in [4.69, 9.17) is 15.6 Å². The van der Waals surface area contributed by atoms with Gasteiger partial charge in [-0.05, 0) is 20.8 Å². The van der Waals surface area contributed by atoms with Crippen LogP contribution in [0, 0.1) is 0 Å². The van der Waals surface area contributed by atoms with Crippen LogP contribution in [0.2, 0.25) is 0 Å². The molecule has 0 saturated heterocycles. The number of hydrogen-bond acceptors (Lipinski definition) is 6. The van der Waals surface area contributed by atoms with Gasteiger partial charge in [0.1, 0.15) is 10.6 Å². The molecule has 0 aliphatic carbocycles. The number of carbonyl (C=O) groups is 2. The summed E-state index contributed by atoms with van der Waals surface area (Å²) in [4.78, 5) is 26.9. The highest BCUT2D eigenvalue weighted by molar-refractivity contribution is 7.09. The summed E-state index contributed by atoms with van der Waals surface area (Å²) in [6.07, 6.45) is 0.906. The maximum atomic E-state index is 12.1. The van der Waals surface area contributed by atoms with E-state index in [1.54, 1.807) is 26.2 Å². The lowest BCUT2D eigenvalue weighted by atomic mass is 9.97. The van der Waals surface area contributed by atoms with Crippen molar-refractivity contribution in [2.75, 3.05) is 0 Å². The highest BCUT2D eigenvalue weighted by Gasteiger charge is 2.44. The smallest absolute Gasteiger partial charge is 0.334 e. The molecule has 0 amide bonds. The third-order valence-corrected chi connectivity index (χ3v) is 2.96. The zero-order valence-corrected chi connectivity index (χ0v) is 11.3. The molecule has 1 aromatic rings. The molecular formula is C11H16N2O4S. The van der Waals surface area contributed by atoms with Crippen LogP contribution < -0.4 is 5.73 Å². The molecular weight excluding hydrogens is 256 g/mol. The number of carboxylic acid groups (broad SMARTS) is 1. The van der Waals surface area contributed by atoms with Crippen LogP contribution in [0.25, 0.3) is 0 Å². The maximum absolute atomic E-state index is 12.1. The Hall–Kier alpha value is -1.47. The Labute approximate surface area is 109 Å². The first kappa shape index (κ1) is 14.6. The van der Waals surface area contributed by atoms with E-state index in [1.165, 1.54) is 6.20 Å². The lowest BCUT2D eigenvalue weighted by molar-refractivity contribution is -0.165. The molecule has 6 nitrogen and oxygen atoms in total. The van der Waals surface area contributed by atoms with Crippen LogP contribution in [-0.4, -0.2) is 27.6 Å². The normalized spacial score (nSPS) is 14.9. The van der Waals surface area contributed by atoms with Gasteiger partial charge >= 0.3 is 11.9 Å². The first-order valence-corrected chi connectivity index (χ1v) is 6.17. The van der Waals surface area contributed by atoms with Gasteiger partial charge in [-0.25, -0.2) is 9.78 Å². The molecule has 1 atom stereocenters. The summed E-state index contributed by atoms with van der Waals surface area (Å²) in [6, 6.07) is 0. The van der Waals surface area contributed by atoms with Crippen molar-refractivity contribution in [1.29, 1.82) is 0 Å². The van der Waals surface area contributed by atoms with Gasteiger partial charge in [-0.3, -0.25) is 4.79 Å². The van der Waals surface area contributed by atoms with E-state index in [2.05, 4.69) is 4.98 Å². The van der Waals surface area contributed by atoms with Crippen LogP contribution in [0.15, 0.2) is 11.6 Å². The molecule has 0 aliphatic heterocycles. The Balaban J connectivity index is 3.06. The molecule has 1 rings (SSSR count). The van der Waals surface area contributed by atoms with Crippen molar-refractivity contribution in [3.8, 4) is 0 Å². The van der Waals surface area contributed by atoms with Crippen LogP contribution in [-0.2, 0) is 19.9 Å². The Morgan fingerprint density at radius 1 is 1.50 bits per heavy atom. The highest BCUT2D eigenvalue weighted by Crippen LogP contribution is 2.27. The van der Waals surface area contributed by atoms with Crippen LogP contribution in [0.5, 0.6) is 0 Å². The maximum Gasteiger partial charge on any atom is 0.334 e. The van der Waals surface area contributed by atoms with E-state index in [9.17, 15) is 9.59 Å². The second-order valence-electron chi connectivity index (χ2n) is 4.88. The van der Waals surface area contributed by atoms with Crippen molar-refractivity contribution in [3.05, 3.63) is 16.6 Å². The van der Waals surface area contributed by atoms with Gasteiger partial charge in [-0.2, -0.15) is 0 Å². The van der Waals surface area contributed by atoms with E-state index in [0.29, 0.717) is 0 Å². The minimum Gasteiger partial charge on any atom is -0.481 e. The second-order valence-corrected chi connectivity index (χ2v) is 5.78. The van der Waals surface area contributed by atoms with Gasteiger partial charge in [0.05, 0.1) is 6.42 Å². The average Bonchev–Trinajstić information content (AvgIpc) is 2.66. The minimum absolute atomic E-state index is 0.235. The number of carbonyl (C=O) groups excluding carboxylic acids is 1. The van der Waals surface area contributed by atoms with Crippen LogP contribution in [0.3, 0.4) is 0 Å². The van der Waals surface area contributed by atoms with E-state index in [0.717, 1.165) is 11.3 Å². The topological polar surface area (TPSA) is 103 Å².